The Morgan fingerprint density at radius 2 is 2.40 bits per heavy atom. The molecule has 0 radical (unpaired) electrons. The molecule has 1 aromatic rings. The molecule has 0 spiro atoms. The van der Waals surface area contributed by atoms with Crippen molar-refractivity contribution in [1.82, 2.24) is 0 Å². The van der Waals surface area contributed by atoms with E-state index in [1.165, 1.54) is 6.21 Å². The lowest BCUT2D eigenvalue weighted by Gasteiger charge is -2.20. The molecule has 1 aromatic carbocycles. The lowest BCUT2D eigenvalue weighted by molar-refractivity contribution is -0.118. The van der Waals surface area contributed by atoms with E-state index in [2.05, 4.69) is 5.32 Å². The van der Waals surface area contributed by atoms with Crippen LogP contribution in [-0.2, 0) is 11.2 Å². The summed E-state index contributed by atoms with van der Waals surface area (Å²) in [5.74, 6) is 0.609. The molecule has 4 nitrogen and oxygen atoms in total. The summed E-state index contributed by atoms with van der Waals surface area (Å²) in [6.45, 7) is 2.02. The van der Waals surface area contributed by atoms with E-state index in [4.69, 9.17) is 10.1 Å². The number of aryl methyl sites for hydroxylation is 1. The van der Waals surface area contributed by atoms with Gasteiger partial charge in [-0.05, 0) is 30.3 Å². The van der Waals surface area contributed by atoms with Crippen molar-refractivity contribution in [1.29, 1.82) is 5.41 Å². The first-order valence-corrected chi connectivity index (χ1v) is 4.76. The van der Waals surface area contributed by atoms with E-state index < -0.39 is 0 Å². The van der Waals surface area contributed by atoms with Crippen molar-refractivity contribution in [3.8, 4) is 5.75 Å². The van der Waals surface area contributed by atoms with Crippen molar-refractivity contribution in [2.75, 3.05) is 11.9 Å². The molecule has 78 valence electrons. The number of hydrogen-bond donors (Lipinski definition) is 2. The van der Waals surface area contributed by atoms with Gasteiger partial charge in [0, 0.05) is 6.42 Å². The summed E-state index contributed by atoms with van der Waals surface area (Å²) in [5.41, 5.74) is 2.71. The fourth-order valence-electron chi connectivity index (χ4n) is 1.69. The first-order valence-electron chi connectivity index (χ1n) is 4.76. The Hall–Kier alpha value is -1.84. The molecule has 1 aliphatic rings. The number of benzene rings is 1. The Morgan fingerprint density at radius 1 is 1.60 bits per heavy atom. The van der Waals surface area contributed by atoms with Crippen molar-refractivity contribution >= 4 is 17.8 Å². The summed E-state index contributed by atoms with van der Waals surface area (Å²) in [6, 6.07) is 3.83. The number of fused-ring (bicyclic) bond motifs is 1. The topological polar surface area (TPSA) is 62.2 Å². The van der Waals surface area contributed by atoms with Crippen molar-refractivity contribution in [3.63, 3.8) is 0 Å². The normalized spacial score (nSPS) is 13.8. The largest absolute Gasteiger partial charge is 0.481 e. The van der Waals surface area contributed by atoms with Crippen LogP contribution in [0.1, 0.15) is 11.1 Å². The fourth-order valence-corrected chi connectivity index (χ4v) is 1.69. The van der Waals surface area contributed by atoms with Gasteiger partial charge in [-0.2, -0.15) is 0 Å². The van der Waals surface area contributed by atoms with Gasteiger partial charge in [0.2, 0.25) is 0 Å². The predicted molar refractivity (Wildman–Crippen MR) is 57.8 cm³/mol. The number of rotatable bonds is 2. The molecule has 1 aliphatic heterocycles. The second-order valence-corrected chi connectivity index (χ2v) is 3.53. The van der Waals surface area contributed by atoms with Crippen LogP contribution in [0.25, 0.3) is 0 Å². The number of carbonyl (C=O) groups is 1. The van der Waals surface area contributed by atoms with Crippen LogP contribution in [-0.4, -0.2) is 18.7 Å². The lowest BCUT2D eigenvalue weighted by Crippen LogP contribution is -2.26. The molecule has 0 unspecified atom stereocenters. The number of ether oxygens (including phenoxy) is 1. The van der Waals surface area contributed by atoms with Crippen LogP contribution in [0.2, 0.25) is 0 Å². The Balaban J connectivity index is 2.43. The maximum absolute atomic E-state index is 11.1. The smallest absolute Gasteiger partial charge is 0.262 e. The van der Waals surface area contributed by atoms with Crippen LogP contribution in [0.15, 0.2) is 12.1 Å². The molecule has 0 bridgehead atoms. The van der Waals surface area contributed by atoms with E-state index in [1.54, 1.807) is 0 Å². The van der Waals surface area contributed by atoms with E-state index in [9.17, 15) is 4.79 Å². The molecule has 2 rings (SSSR count). The van der Waals surface area contributed by atoms with Gasteiger partial charge in [-0.25, -0.2) is 0 Å². The van der Waals surface area contributed by atoms with Crippen LogP contribution in [0.5, 0.6) is 5.75 Å². The minimum Gasteiger partial charge on any atom is -0.481 e. The van der Waals surface area contributed by atoms with Gasteiger partial charge in [-0.1, -0.05) is 6.07 Å². The van der Waals surface area contributed by atoms with Gasteiger partial charge in [0.1, 0.15) is 5.75 Å². The van der Waals surface area contributed by atoms with Crippen molar-refractivity contribution in [3.05, 3.63) is 23.3 Å². The van der Waals surface area contributed by atoms with Crippen molar-refractivity contribution in [2.45, 2.75) is 13.3 Å². The van der Waals surface area contributed by atoms with Gasteiger partial charge < -0.3 is 15.5 Å². The third kappa shape index (κ3) is 1.83. The number of hydrogen-bond acceptors (Lipinski definition) is 3. The minimum absolute atomic E-state index is 0.0811. The molecule has 2 N–H and O–H groups in total. The van der Waals surface area contributed by atoms with Crippen LogP contribution in [0, 0.1) is 12.3 Å². The maximum atomic E-state index is 11.1. The van der Waals surface area contributed by atoms with Crippen molar-refractivity contribution in [2.24, 2.45) is 0 Å². The molecule has 0 aromatic heterocycles. The van der Waals surface area contributed by atoms with Gasteiger partial charge in [0.15, 0.2) is 6.61 Å². The molecule has 0 fully saturated rings. The third-order valence-electron chi connectivity index (χ3n) is 2.29. The predicted octanol–water partition coefficient (Wildman–Crippen LogP) is 1.52. The van der Waals surface area contributed by atoms with Gasteiger partial charge >= 0.3 is 0 Å². The number of nitrogens with one attached hydrogen (secondary N) is 2. The molecule has 0 aliphatic carbocycles. The fraction of sp³-hybridized carbons (Fsp3) is 0.273. The molecule has 1 heterocycles. The monoisotopic (exact) mass is 204 g/mol. The molecule has 0 atom stereocenters. The van der Waals surface area contributed by atoms with Gasteiger partial charge in [-0.15, -0.1) is 0 Å². The molecule has 0 saturated heterocycles. The van der Waals surface area contributed by atoms with E-state index in [1.807, 2.05) is 19.1 Å². The molecule has 15 heavy (non-hydrogen) atoms. The van der Waals surface area contributed by atoms with E-state index in [0.717, 1.165) is 16.9 Å². The third-order valence-corrected chi connectivity index (χ3v) is 2.29. The standard InChI is InChI=1S/C11H12N2O2/c1-7-4-8(2-3-12)5-9-11(7)15-6-10(14)13-9/h3-5,12H,2,6H2,1H3,(H,13,14). The van der Waals surface area contributed by atoms with Gasteiger partial charge in [0.05, 0.1) is 5.69 Å². The molecular formula is C11H12N2O2. The van der Waals surface area contributed by atoms with Gasteiger partial charge in [-0.3, -0.25) is 4.79 Å². The number of amides is 1. The molecule has 1 amide bonds. The highest BCUT2D eigenvalue weighted by atomic mass is 16.5. The highest BCUT2D eigenvalue weighted by Gasteiger charge is 2.18. The van der Waals surface area contributed by atoms with Crippen LogP contribution < -0.4 is 10.1 Å². The minimum atomic E-state index is -0.131. The summed E-state index contributed by atoms with van der Waals surface area (Å²) in [5, 5.41) is 9.81. The summed E-state index contributed by atoms with van der Waals surface area (Å²) in [4.78, 5) is 11.1. The van der Waals surface area contributed by atoms with Crippen LogP contribution in [0.3, 0.4) is 0 Å². The molecule has 4 heteroatoms. The Bertz CT molecular complexity index is 427. The average Bonchev–Trinajstić information content (AvgIpc) is 2.17. The van der Waals surface area contributed by atoms with E-state index in [-0.39, 0.29) is 12.5 Å². The molecular weight excluding hydrogens is 192 g/mol. The SMILES string of the molecule is Cc1cc(CC=N)cc2c1OCC(=O)N2. The van der Waals surface area contributed by atoms with Crippen LogP contribution in [0.4, 0.5) is 5.69 Å². The Morgan fingerprint density at radius 3 is 3.13 bits per heavy atom. The summed E-state index contributed by atoms with van der Waals surface area (Å²) in [7, 11) is 0. The highest BCUT2D eigenvalue weighted by Crippen LogP contribution is 2.32. The maximum Gasteiger partial charge on any atom is 0.262 e. The zero-order valence-corrected chi connectivity index (χ0v) is 8.46. The first kappa shape index (κ1) is 9.71. The lowest BCUT2D eigenvalue weighted by atomic mass is 10.1. The number of anilines is 1. The summed E-state index contributed by atoms with van der Waals surface area (Å²) < 4.78 is 5.33. The summed E-state index contributed by atoms with van der Waals surface area (Å²) >= 11 is 0. The average molecular weight is 204 g/mol. The second-order valence-electron chi connectivity index (χ2n) is 3.53. The zero-order chi connectivity index (χ0) is 10.8. The highest BCUT2D eigenvalue weighted by molar-refractivity contribution is 5.95. The van der Waals surface area contributed by atoms with Crippen LogP contribution >= 0.6 is 0 Å². The van der Waals surface area contributed by atoms with Gasteiger partial charge in [0.25, 0.3) is 5.91 Å². The Labute approximate surface area is 87.8 Å². The summed E-state index contributed by atoms with van der Waals surface area (Å²) in [6.07, 6.45) is 1.91. The van der Waals surface area contributed by atoms with Crippen molar-refractivity contribution < 1.29 is 9.53 Å². The second kappa shape index (κ2) is 3.73. The quantitative estimate of drug-likeness (QED) is 0.717. The van der Waals surface area contributed by atoms with E-state index in [0.29, 0.717) is 12.1 Å². The van der Waals surface area contributed by atoms with E-state index >= 15 is 0 Å². The first-order chi connectivity index (χ1) is 7.20. The molecule has 0 saturated carbocycles. The zero-order valence-electron chi connectivity index (χ0n) is 8.46. The number of carbonyl (C=O) groups excluding carboxylic acids is 1. The Kier molecular flexibility index (Phi) is 2.41.